The van der Waals surface area contributed by atoms with Gasteiger partial charge in [-0.05, 0) is 52.3 Å². The van der Waals surface area contributed by atoms with Crippen LogP contribution in [-0.4, -0.2) is 30.0 Å². The largest absolute Gasteiger partial charge is 0.466 e. The van der Waals surface area contributed by atoms with Gasteiger partial charge in [-0.3, -0.25) is 9.59 Å². The van der Waals surface area contributed by atoms with Crippen molar-refractivity contribution in [1.29, 1.82) is 0 Å². The van der Waals surface area contributed by atoms with Gasteiger partial charge in [-0.25, -0.2) is 0 Å². The molecular formula is C16H22N2O3. The molecule has 0 saturated carbocycles. The van der Waals surface area contributed by atoms with Crippen LogP contribution < -0.4 is 15.0 Å². The quantitative estimate of drug-likeness (QED) is 0.805. The van der Waals surface area contributed by atoms with Gasteiger partial charge in [-0.2, -0.15) is 0 Å². The van der Waals surface area contributed by atoms with E-state index in [0.29, 0.717) is 11.4 Å². The Morgan fingerprint density at radius 2 is 1.95 bits per heavy atom. The van der Waals surface area contributed by atoms with Crippen LogP contribution in [0.1, 0.15) is 33.3 Å². The second-order valence-corrected chi connectivity index (χ2v) is 6.67. The Bertz CT molecular complexity index is 604. The first-order valence-corrected chi connectivity index (χ1v) is 6.95. The van der Waals surface area contributed by atoms with Crippen LogP contribution in [0.25, 0.3) is 0 Å². The fourth-order valence-electron chi connectivity index (χ4n) is 2.27. The van der Waals surface area contributed by atoms with E-state index in [2.05, 4.69) is 5.32 Å². The van der Waals surface area contributed by atoms with Crippen molar-refractivity contribution in [2.45, 2.75) is 45.8 Å². The van der Waals surface area contributed by atoms with Crippen LogP contribution in [0, 0.1) is 6.92 Å². The van der Waals surface area contributed by atoms with E-state index in [0.717, 1.165) is 5.56 Å². The van der Waals surface area contributed by atoms with Gasteiger partial charge in [0.1, 0.15) is 5.75 Å². The minimum absolute atomic E-state index is 0.373. The standard InChI is InChI=1S/C16H22N2O3/c1-10-7-8-12-11(9-10)18(6)14(20)16(5,21-12)13(19)17-15(2,3)4/h7-9H,1-6H3,(H,17,19). The second kappa shape index (κ2) is 4.76. The number of aryl methyl sites for hydroxylation is 1. The van der Waals surface area contributed by atoms with Crippen molar-refractivity contribution < 1.29 is 14.3 Å². The van der Waals surface area contributed by atoms with Gasteiger partial charge in [0.25, 0.3) is 17.4 Å². The molecule has 2 amide bonds. The van der Waals surface area contributed by atoms with Crippen molar-refractivity contribution in [3.05, 3.63) is 23.8 Å². The van der Waals surface area contributed by atoms with Gasteiger partial charge in [0.15, 0.2) is 0 Å². The fourth-order valence-corrected chi connectivity index (χ4v) is 2.27. The molecule has 114 valence electrons. The van der Waals surface area contributed by atoms with Crippen molar-refractivity contribution in [3.63, 3.8) is 0 Å². The summed E-state index contributed by atoms with van der Waals surface area (Å²) in [5.41, 5.74) is -0.277. The number of rotatable bonds is 1. The number of carbonyl (C=O) groups excluding carboxylic acids is 2. The number of likely N-dealkylation sites (N-methyl/N-ethyl adjacent to an activating group) is 1. The van der Waals surface area contributed by atoms with Crippen LogP contribution in [0.5, 0.6) is 5.75 Å². The lowest BCUT2D eigenvalue weighted by Gasteiger charge is -2.39. The first-order chi connectivity index (χ1) is 9.54. The van der Waals surface area contributed by atoms with Crippen molar-refractivity contribution in [2.24, 2.45) is 0 Å². The smallest absolute Gasteiger partial charge is 0.280 e. The molecule has 0 saturated heterocycles. The zero-order valence-corrected chi connectivity index (χ0v) is 13.4. The highest BCUT2D eigenvalue weighted by atomic mass is 16.5. The number of fused-ring (bicyclic) bond motifs is 1. The zero-order chi connectivity index (χ0) is 16.0. The molecule has 1 aromatic carbocycles. The van der Waals surface area contributed by atoms with Crippen LogP contribution >= 0.6 is 0 Å². The number of benzene rings is 1. The third kappa shape index (κ3) is 2.73. The number of hydrogen-bond donors (Lipinski definition) is 1. The third-order valence-corrected chi connectivity index (χ3v) is 3.42. The van der Waals surface area contributed by atoms with Gasteiger partial charge < -0.3 is 15.0 Å². The molecule has 0 bridgehead atoms. The number of hydrogen-bond acceptors (Lipinski definition) is 3. The fraction of sp³-hybridized carbons (Fsp3) is 0.500. The van der Waals surface area contributed by atoms with Crippen LogP contribution in [0.3, 0.4) is 0 Å². The van der Waals surface area contributed by atoms with E-state index in [1.807, 2.05) is 39.8 Å². The predicted molar refractivity (Wildman–Crippen MR) is 81.5 cm³/mol. The summed E-state index contributed by atoms with van der Waals surface area (Å²) in [7, 11) is 1.66. The lowest BCUT2D eigenvalue weighted by Crippen LogP contribution is -2.63. The lowest BCUT2D eigenvalue weighted by atomic mass is 9.98. The van der Waals surface area contributed by atoms with Gasteiger partial charge in [0.2, 0.25) is 0 Å². The number of nitrogens with one attached hydrogen (secondary N) is 1. The molecule has 1 aliphatic heterocycles. The average molecular weight is 290 g/mol. The van der Waals surface area contributed by atoms with Gasteiger partial charge in [-0.1, -0.05) is 6.07 Å². The summed E-state index contributed by atoms with van der Waals surface area (Å²) in [6, 6.07) is 5.55. The number of anilines is 1. The van der Waals surface area contributed by atoms with Crippen molar-refractivity contribution in [1.82, 2.24) is 5.32 Å². The molecular weight excluding hydrogens is 268 g/mol. The molecule has 2 rings (SSSR count). The summed E-state index contributed by atoms with van der Waals surface area (Å²) in [6.45, 7) is 9.04. The maximum absolute atomic E-state index is 12.6. The molecule has 5 nitrogen and oxygen atoms in total. The molecule has 5 heteroatoms. The Hall–Kier alpha value is -2.04. The minimum Gasteiger partial charge on any atom is -0.466 e. The van der Waals surface area contributed by atoms with Gasteiger partial charge >= 0.3 is 0 Å². The SMILES string of the molecule is Cc1ccc2c(c1)N(C)C(=O)C(C)(C(=O)NC(C)(C)C)O2. The monoisotopic (exact) mass is 290 g/mol. The maximum Gasteiger partial charge on any atom is 0.280 e. The molecule has 1 atom stereocenters. The average Bonchev–Trinajstić information content (AvgIpc) is 2.35. The molecule has 0 spiro atoms. The van der Waals surface area contributed by atoms with Crippen LogP contribution in [0.2, 0.25) is 0 Å². The molecule has 1 N–H and O–H groups in total. The summed E-state index contributed by atoms with van der Waals surface area (Å²) in [4.78, 5) is 26.6. The highest BCUT2D eigenvalue weighted by molar-refractivity contribution is 6.16. The number of nitrogens with zero attached hydrogens (tertiary/aromatic N) is 1. The Morgan fingerprint density at radius 1 is 1.33 bits per heavy atom. The number of amides is 2. The molecule has 0 fully saturated rings. The molecule has 1 unspecified atom stereocenters. The molecule has 1 heterocycles. The molecule has 0 aliphatic carbocycles. The van der Waals surface area contributed by atoms with E-state index < -0.39 is 17.0 Å². The molecule has 0 aromatic heterocycles. The highest BCUT2D eigenvalue weighted by Gasteiger charge is 2.50. The summed E-state index contributed by atoms with van der Waals surface area (Å²) in [5.74, 6) is -0.269. The van der Waals surface area contributed by atoms with Crippen molar-refractivity contribution in [2.75, 3.05) is 11.9 Å². The first-order valence-electron chi connectivity index (χ1n) is 6.95. The van der Waals surface area contributed by atoms with E-state index in [9.17, 15) is 9.59 Å². The van der Waals surface area contributed by atoms with Gasteiger partial charge in [-0.15, -0.1) is 0 Å². The second-order valence-electron chi connectivity index (χ2n) is 6.67. The highest BCUT2D eigenvalue weighted by Crippen LogP contribution is 2.37. The molecule has 0 radical (unpaired) electrons. The molecule has 1 aliphatic rings. The molecule has 21 heavy (non-hydrogen) atoms. The number of ether oxygens (including phenoxy) is 1. The van der Waals surface area contributed by atoms with Crippen molar-refractivity contribution in [3.8, 4) is 5.75 Å². The Balaban J connectivity index is 2.41. The van der Waals surface area contributed by atoms with E-state index >= 15 is 0 Å². The number of carbonyl (C=O) groups is 2. The predicted octanol–water partition coefficient (Wildman–Crippen LogP) is 2.02. The Kier molecular flexibility index (Phi) is 3.48. The van der Waals surface area contributed by atoms with Crippen molar-refractivity contribution >= 4 is 17.5 Å². The van der Waals surface area contributed by atoms with Gasteiger partial charge in [0, 0.05) is 12.6 Å². The zero-order valence-electron chi connectivity index (χ0n) is 13.4. The van der Waals surface area contributed by atoms with E-state index in [1.54, 1.807) is 13.1 Å². The third-order valence-electron chi connectivity index (χ3n) is 3.42. The summed E-state index contributed by atoms with van der Waals surface area (Å²) in [6.07, 6.45) is 0. The van der Waals surface area contributed by atoms with E-state index in [-0.39, 0.29) is 5.91 Å². The van der Waals surface area contributed by atoms with Crippen LogP contribution in [0.15, 0.2) is 18.2 Å². The lowest BCUT2D eigenvalue weighted by molar-refractivity contribution is -0.149. The summed E-state index contributed by atoms with van der Waals surface area (Å²) < 4.78 is 5.76. The summed E-state index contributed by atoms with van der Waals surface area (Å²) >= 11 is 0. The van der Waals surface area contributed by atoms with Crippen LogP contribution in [0.4, 0.5) is 5.69 Å². The van der Waals surface area contributed by atoms with Crippen LogP contribution in [-0.2, 0) is 9.59 Å². The van der Waals surface area contributed by atoms with Gasteiger partial charge in [0.05, 0.1) is 5.69 Å². The van der Waals surface area contributed by atoms with E-state index in [4.69, 9.17) is 4.74 Å². The Morgan fingerprint density at radius 3 is 2.52 bits per heavy atom. The summed E-state index contributed by atoms with van der Waals surface area (Å²) in [5, 5.41) is 2.81. The van der Waals surface area contributed by atoms with E-state index in [1.165, 1.54) is 11.8 Å². The minimum atomic E-state index is -1.55. The topological polar surface area (TPSA) is 58.6 Å². The maximum atomic E-state index is 12.6. The Labute approximate surface area is 125 Å². The normalized spacial score (nSPS) is 21.6. The first kappa shape index (κ1) is 15.4. The molecule has 1 aromatic rings.